The van der Waals surface area contributed by atoms with Crippen molar-refractivity contribution in [2.45, 2.75) is 32.1 Å². The molecule has 1 aliphatic heterocycles. The highest BCUT2D eigenvalue weighted by atomic mass is 16.2. The van der Waals surface area contributed by atoms with Gasteiger partial charge in [0.1, 0.15) is 5.82 Å². The SMILES string of the molecule is O=C(CCCc1nc2ccccc2c(=O)[nH]1)Nc1ccccc1N1CCCC1=O. The molecule has 3 aromatic rings. The van der Waals surface area contributed by atoms with Gasteiger partial charge in [-0.1, -0.05) is 24.3 Å². The monoisotopic (exact) mass is 390 g/mol. The predicted molar refractivity (Wildman–Crippen MR) is 112 cm³/mol. The van der Waals surface area contributed by atoms with Crippen LogP contribution in [0.2, 0.25) is 0 Å². The quantitative estimate of drug-likeness (QED) is 0.676. The van der Waals surface area contributed by atoms with E-state index in [0.29, 0.717) is 54.6 Å². The van der Waals surface area contributed by atoms with Crippen LogP contribution in [0.25, 0.3) is 10.9 Å². The van der Waals surface area contributed by atoms with Crippen LogP contribution in [0.3, 0.4) is 0 Å². The number of hydrogen-bond acceptors (Lipinski definition) is 4. The van der Waals surface area contributed by atoms with Crippen LogP contribution in [0.15, 0.2) is 53.3 Å². The highest BCUT2D eigenvalue weighted by Gasteiger charge is 2.24. The van der Waals surface area contributed by atoms with Crippen LogP contribution in [-0.2, 0) is 16.0 Å². The lowest BCUT2D eigenvalue weighted by molar-refractivity contribution is -0.117. The van der Waals surface area contributed by atoms with Gasteiger partial charge in [-0.25, -0.2) is 4.98 Å². The highest BCUT2D eigenvalue weighted by Crippen LogP contribution is 2.29. The number of carbonyl (C=O) groups excluding carboxylic acids is 2. The maximum atomic E-state index is 12.4. The summed E-state index contributed by atoms with van der Waals surface area (Å²) in [7, 11) is 0. The molecular formula is C22H22N4O3. The Kier molecular flexibility index (Phi) is 5.37. The van der Waals surface area contributed by atoms with Crippen LogP contribution < -0.4 is 15.8 Å². The lowest BCUT2D eigenvalue weighted by Crippen LogP contribution is -2.25. The number of carbonyl (C=O) groups is 2. The van der Waals surface area contributed by atoms with Gasteiger partial charge >= 0.3 is 0 Å². The number of nitrogens with zero attached hydrogens (tertiary/aromatic N) is 2. The molecule has 7 nitrogen and oxygen atoms in total. The summed E-state index contributed by atoms with van der Waals surface area (Å²) in [6, 6.07) is 14.5. The molecule has 2 N–H and O–H groups in total. The topological polar surface area (TPSA) is 95.2 Å². The van der Waals surface area contributed by atoms with E-state index in [1.807, 2.05) is 24.3 Å². The number of para-hydroxylation sites is 3. The fourth-order valence-corrected chi connectivity index (χ4v) is 3.60. The van der Waals surface area contributed by atoms with E-state index in [1.165, 1.54) is 0 Å². The Balaban J connectivity index is 1.38. The minimum absolute atomic E-state index is 0.0815. The Hall–Kier alpha value is -3.48. The van der Waals surface area contributed by atoms with Gasteiger partial charge < -0.3 is 15.2 Å². The van der Waals surface area contributed by atoms with Gasteiger partial charge in [-0.05, 0) is 37.1 Å². The minimum Gasteiger partial charge on any atom is -0.324 e. The number of nitrogens with one attached hydrogen (secondary N) is 2. The first kappa shape index (κ1) is 18.9. The minimum atomic E-state index is -0.167. The number of fused-ring (bicyclic) bond motifs is 1. The molecule has 4 rings (SSSR count). The van der Waals surface area contributed by atoms with Crippen LogP contribution in [-0.4, -0.2) is 28.3 Å². The standard InChI is InChI=1S/C22H22N4O3/c27-20(24-17-9-3-4-10-18(17)26-14-6-13-21(26)28)12-5-11-19-23-16-8-2-1-7-15(16)22(29)25-19/h1-4,7-10H,5-6,11-14H2,(H,24,27)(H,23,25,29). The first-order valence-corrected chi connectivity index (χ1v) is 9.79. The van der Waals surface area contributed by atoms with Gasteiger partial charge in [0.2, 0.25) is 11.8 Å². The van der Waals surface area contributed by atoms with Crippen molar-refractivity contribution in [2.24, 2.45) is 0 Å². The summed E-state index contributed by atoms with van der Waals surface area (Å²) in [4.78, 5) is 45.5. The second-order valence-corrected chi connectivity index (χ2v) is 7.10. The van der Waals surface area contributed by atoms with Crippen molar-refractivity contribution < 1.29 is 9.59 Å². The molecule has 0 spiro atoms. The molecule has 0 atom stereocenters. The number of H-pyrrole nitrogens is 1. The van der Waals surface area contributed by atoms with Gasteiger partial charge in [0.15, 0.2) is 0 Å². The fraction of sp³-hybridized carbons (Fsp3) is 0.273. The van der Waals surface area contributed by atoms with Crippen LogP contribution >= 0.6 is 0 Å². The molecule has 1 aliphatic rings. The van der Waals surface area contributed by atoms with Crippen molar-refractivity contribution in [3.63, 3.8) is 0 Å². The Bertz CT molecular complexity index is 1120. The first-order chi connectivity index (χ1) is 14.1. The highest BCUT2D eigenvalue weighted by molar-refractivity contribution is 6.02. The van der Waals surface area contributed by atoms with Crippen molar-refractivity contribution in [3.05, 3.63) is 64.7 Å². The number of hydrogen-bond donors (Lipinski definition) is 2. The molecular weight excluding hydrogens is 368 g/mol. The Morgan fingerprint density at radius 3 is 2.72 bits per heavy atom. The molecule has 2 heterocycles. The van der Waals surface area contributed by atoms with E-state index in [4.69, 9.17) is 0 Å². The molecule has 2 amide bonds. The van der Waals surface area contributed by atoms with E-state index in [9.17, 15) is 14.4 Å². The molecule has 2 aromatic carbocycles. The molecule has 0 bridgehead atoms. The van der Waals surface area contributed by atoms with Crippen molar-refractivity contribution in [1.82, 2.24) is 9.97 Å². The van der Waals surface area contributed by atoms with Gasteiger partial charge in [-0.3, -0.25) is 14.4 Å². The lowest BCUT2D eigenvalue weighted by Gasteiger charge is -2.20. The Morgan fingerprint density at radius 2 is 1.90 bits per heavy atom. The van der Waals surface area contributed by atoms with Crippen molar-refractivity contribution in [2.75, 3.05) is 16.8 Å². The predicted octanol–water partition coefficient (Wildman–Crippen LogP) is 3.01. The number of anilines is 2. The summed E-state index contributed by atoms with van der Waals surface area (Å²) < 4.78 is 0. The molecule has 0 radical (unpaired) electrons. The largest absolute Gasteiger partial charge is 0.324 e. The number of aromatic amines is 1. The summed E-state index contributed by atoms with van der Waals surface area (Å²) in [5.41, 5.74) is 1.87. The molecule has 1 fully saturated rings. The van der Waals surface area contributed by atoms with E-state index in [2.05, 4.69) is 15.3 Å². The van der Waals surface area contributed by atoms with Gasteiger partial charge in [0, 0.05) is 25.8 Å². The second kappa shape index (κ2) is 8.26. The van der Waals surface area contributed by atoms with E-state index in [0.717, 1.165) is 12.1 Å². The average molecular weight is 390 g/mol. The smallest absolute Gasteiger partial charge is 0.258 e. The molecule has 1 aromatic heterocycles. The zero-order chi connectivity index (χ0) is 20.2. The van der Waals surface area contributed by atoms with Crippen LogP contribution in [0.4, 0.5) is 11.4 Å². The van der Waals surface area contributed by atoms with Gasteiger partial charge in [0.05, 0.1) is 22.3 Å². The second-order valence-electron chi connectivity index (χ2n) is 7.10. The van der Waals surface area contributed by atoms with Crippen LogP contribution in [0.5, 0.6) is 0 Å². The van der Waals surface area contributed by atoms with E-state index >= 15 is 0 Å². The number of rotatable bonds is 6. The number of aromatic nitrogens is 2. The zero-order valence-electron chi connectivity index (χ0n) is 16.0. The number of benzene rings is 2. The third-order valence-electron chi connectivity index (χ3n) is 5.02. The summed E-state index contributed by atoms with van der Waals surface area (Å²) in [6.45, 7) is 0.673. The molecule has 0 unspecified atom stereocenters. The molecule has 148 valence electrons. The average Bonchev–Trinajstić information content (AvgIpc) is 3.14. The molecule has 1 saturated heterocycles. The van der Waals surface area contributed by atoms with E-state index in [1.54, 1.807) is 29.2 Å². The van der Waals surface area contributed by atoms with Crippen molar-refractivity contribution in [3.8, 4) is 0 Å². The molecule has 29 heavy (non-hydrogen) atoms. The summed E-state index contributed by atoms with van der Waals surface area (Å²) >= 11 is 0. The molecule has 0 saturated carbocycles. The third-order valence-corrected chi connectivity index (χ3v) is 5.02. The lowest BCUT2D eigenvalue weighted by atomic mass is 10.2. The van der Waals surface area contributed by atoms with Gasteiger partial charge in [0.25, 0.3) is 5.56 Å². The number of amides is 2. The van der Waals surface area contributed by atoms with E-state index < -0.39 is 0 Å². The van der Waals surface area contributed by atoms with Crippen molar-refractivity contribution in [1.29, 1.82) is 0 Å². The van der Waals surface area contributed by atoms with Gasteiger partial charge in [-0.2, -0.15) is 0 Å². The van der Waals surface area contributed by atoms with E-state index in [-0.39, 0.29) is 17.4 Å². The Morgan fingerprint density at radius 1 is 1.10 bits per heavy atom. The third kappa shape index (κ3) is 4.18. The normalized spacial score (nSPS) is 13.8. The van der Waals surface area contributed by atoms with Crippen LogP contribution in [0.1, 0.15) is 31.5 Å². The number of aryl methyl sites for hydroxylation is 1. The van der Waals surface area contributed by atoms with Crippen molar-refractivity contribution >= 4 is 34.1 Å². The molecule has 7 heteroatoms. The fourth-order valence-electron chi connectivity index (χ4n) is 3.60. The van der Waals surface area contributed by atoms with Gasteiger partial charge in [-0.15, -0.1) is 0 Å². The summed E-state index contributed by atoms with van der Waals surface area (Å²) in [6.07, 6.45) is 2.72. The maximum absolute atomic E-state index is 12.4. The Labute approximate surface area is 167 Å². The molecule has 0 aliphatic carbocycles. The first-order valence-electron chi connectivity index (χ1n) is 9.79. The summed E-state index contributed by atoms with van der Waals surface area (Å²) in [5, 5.41) is 3.47. The zero-order valence-corrected chi connectivity index (χ0v) is 16.0. The maximum Gasteiger partial charge on any atom is 0.258 e. The summed E-state index contributed by atoms with van der Waals surface area (Å²) in [5.74, 6) is 0.523. The van der Waals surface area contributed by atoms with Crippen LogP contribution in [0, 0.1) is 0 Å².